The summed E-state index contributed by atoms with van der Waals surface area (Å²) in [6.07, 6.45) is 0. The summed E-state index contributed by atoms with van der Waals surface area (Å²) in [6, 6.07) is 17.8. The van der Waals surface area contributed by atoms with E-state index in [4.69, 9.17) is 9.47 Å². The van der Waals surface area contributed by atoms with E-state index in [-0.39, 0.29) is 17.8 Å². The van der Waals surface area contributed by atoms with Crippen LogP contribution in [0.5, 0.6) is 0 Å². The van der Waals surface area contributed by atoms with Gasteiger partial charge < -0.3 is 9.47 Å². The van der Waals surface area contributed by atoms with Gasteiger partial charge in [-0.1, -0.05) is 48.5 Å². The minimum absolute atomic E-state index is 0.176. The molecule has 1 aliphatic heterocycles. The highest BCUT2D eigenvalue weighted by atomic mass is 32.2. The molecule has 2 aromatic carbocycles. The number of ether oxygens (including phenoxy) is 2. The molecule has 0 aromatic heterocycles. The fourth-order valence-electron chi connectivity index (χ4n) is 4.77. The Kier molecular flexibility index (Phi) is 4.27. The largest absolute Gasteiger partial charge is 0.468 e. The van der Waals surface area contributed by atoms with Gasteiger partial charge in [-0.15, -0.1) is 11.8 Å². The van der Waals surface area contributed by atoms with Crippen LogP contribution in [0, 0.1) is 11.3 Å². The van der Waals surface area contributed by atoms with Crippen LogP contribution in [0.4, 0.5) is 0 Å². The van der Waals surface area contributed by atoms with Gasteiger partial charge in [0.05, 0.1) is 14.2 Å². The number of rotatable bonds is 3. The summed E-state index contributed by atoms with van der Waals surface area (Å²) in [5.41, 5.74) is 0.674. The molecular weight excluding hydrogens is 348 g/mol. The molecule has 1 heterocycles. The second kappa shape index (κ2) is 6.47. The molecule has 4 nitrogen and oxygen atoms in total. The number of hydrogen-bond donors (Lipinski definition) is 0. The molecule has 134 valence electrons. The van der Waals surface area contributed by atoms with Crippen molar-refractivity contribution in [3.63, 3.8) is 0 Å². The number of carbonyl (C=O) groups excluding carboxylic acids is 2. The van der Waals surface area contributed by atoms with Crippen molar-refractivity contribution in [2.45, 2.75) is 16.7 Å². The van der Waals surface area contributed by atoms with Crippen molar-refractivity contribution < 1.29 is 19.1 Å². The molecule has 0 saturated heterocycles. The maximum Gasteiger partial charge on any atom is 0.324 e. The number of fused-ring (bicyclic) bond motifs is 3. The normalized spacial score (nSPS) is 25.2. The Labute approximate surface area is 156 Å². The van der Waals surface area contributed by atoms with E-state index in [9.17, 15) is 9.59 Å². The van der Waals surface area contributed by atoms with E-state index in [0.717, 1.165) is 21.8 Å². The highest BCUT2D eigenvalue weighted by Gasteiger charge is 2.73. The van der Waals surface area contributed by atoms with Crippen LogP contribution in [0.25, 0.3) is 0 Å². The summed E-state index contributed by atoms with van der Waals surface area (Å²) >= 11 is 1.79. The van der Waals surface area contributed by atoms with Crippen LogP contribution in [0.15, 0.2) is 59.5 Å². The Balaban J connectivity index is 1.93. The molecule has 1 saturated carbocycles. The third kappa shape index (κ3) is 2.16. The first-order valence-corrected chi connectivity index (χ1v) is 9.58. The van der Waals surface area contributed by atoms with Gasteiger partial charge in [0, 0.05) is 22.5 Å². The summed E-state index contributed by atoms with van der Waals surface area (Å²) in [5.74, 6) is -0.478. The zero-order chi connectivity index (χ0) is 18.3. The lowest BCUT2D eigenvalue weighted by atomic mass is 9.43. The van der Waals surface area contributed by atoms with E-state index in [0.29, 0.717) is 0 Å². The molecule has 0 unspecified atom stereocenters. The van der Waals surface area contributed by atoms with Gasteiger partial charge in [-0.25, -0.2) is 0 Å². The molecule has 4 rings (SSSR count). The smallest absolute Gasteiger partial charge is 0.324 e. The van der Waals surface area contributed by atoms with Crippen molar-refractivity contribution in [3.8, 4) is 0 Å². The Morgan fingerprint density at radius 1 is 0.923 bits per heavy atom. The van der Waals surface area contributed by atoms with Gasteiger partial charge in [0.2, 0.25) is 0 Å². The molecule has 2 aliphatic rings. The van der Waals surface area contributed by atoms with Gasteiger partial charge in [-0.2, -0.15) is 0 Å². The van der Waals surface area contributed by atoms with Crippen molar-refractivity contribution >= 4 is 23.7 Å². The van der Waals surface area contributed by atoms with E-state index in [2.05, 4.69) is 0 Å². The lowest BCUT2D eigenvalue weighted by Gasteiger charge is -2.59. The maximum absolute atomic E-state index is 13.0. The van der Waals surface area contributed by atoms with Crippen molar-refractivity contribution in [1.82, 2.24) is 0 Å². The van der Waals surface area contributed by atoms with Gasteiger partial charge in [-0.3, -0.25) is 9.59 Å². The van der Waals surface area contributed by atoms with E-state index in [1.165, 1.54) is 14.2 Å². The molecule has 0 bridgehead atoms. The highest BCUT2D eigenvalue weighted by molar-refractivity contribution is 7.99. The molecule has 26 heavy (non-hydrogen) atoms. The van der Waals surface area contributed by atoms with Gasteiger partial charge in [0.1, 0.15) is 0 Å². The van der Waals surface area contributed by atoms with E-state index < -0.39 is 17.4 Å². The topological polar surface area (TPSA) is 52.6 Å². The van der Waals surface area contributed by atoms with E-state index >= 15 is 0 Å². The molecule has 1 aliphatic carbocycles. The molecule has 2 aromatic rings. The number of thioether (sulfide) groups is 1. The van der Waals surface area contributed by atoms with Crippen molar-refractivity contribution in [3.05, 3.63) is 65.7 Å². The standard InChI is InChI=1S/C21H20O4S/c1-24-19(22)21(20(23)25-2)17(13-8-4-3-5-9-13)15-12-26-16-11-7-6-10-14(16)18(15)21/h3-11,15,17-18H,12H2,1-2H3/t15-,17-,18-/m1/s1. The summed E-state index contributed by atoms with van der Waals surface area (Å²) in [7, 11) is 2.68. The molecule has 0 amide bonds. The lowest BCUT2D eigenvalue weighted by molar-refractivity contribution is -0.187. The van der Waals surface area contributed by atoms with Crippen molar-refractivity contribution in [2.24, 2.45) is 11.3 Å². The molecule has 5 heteroatoms. The first kappa shape index (κ1) is 17.2. The van der Waals surface area contributed by atoms with E-state index in [1.54, 1.807) is 11.8 Å². The zero-order valence-electron chi connectivity index (χ0n) is 14.7. The van der Waals surface area contributed by atoms with Crippen LogP contribution >= 0.6 is 11.8 Å². The average Bonchev–Trinajstić information content (AvgIpc) is 2.68. The summed E-state index contributed by atoms with van der Waals surface area (Å²) in [6.45, 7) is 0. The van der Waals surface area contributed by atoms with E-state index in [1.807, 2.05) is 54.6 Å². The van der Waals surface area contributed by atoms with Gasteiger partial charge >= 0.3 is 11.9 Å². The highest BCUT2D eigenvalue weighted by Crippen LogP contribution is 2.70. The first-order chi connectivity index (χ1) is 12.7. The third-order valence-electron chi connectivity index (χ3n) is 5.73. The molecule has 0 spiro atoms. The monoisotopic (exact) mass is 368 g/mol. The SMILES string of the molecule is COC(=O)C1(C(=O)OC)[C@H](c2ccccc2)[C@H]2CSc3ccccc3[C@H]21. The predicted molar refractivity (Wildman–Crippen MR) is 99.0 cm³/mol. The Morgan fingerprint density at radius 3 is 2.19 bits per heavy atom. The van der Waals surface area contributed by atoms with Gasteiger partial charge in [-0.05, 0) is 23.1 Å². The van der Waals surface area contributed by atoms with Gasteiger partial charge in [0.15, 0.2) is 5.41 Å². The van der Waals surface area contributed by atoms with Crippen molar-refractivity contribution in [1.29, 1.82) is 0 Å². The number of benzene rings is 2. The molecule has 1 fully saturated rings. The lowest BCUT2D eigenvalue weighted by Crippen LogP contribution is -2.64. The Morgan fingerprint density at radius 2 is 1.54 bits per heavy atom. The average molecular weight is 368 g/mol. The maximum atomic E-state index is 13.0. The molecule has 0 N–H and O–H groups in total. The summed E-state index contributed by atoms with van der Waals surface area (Å²) in [4.78, 5) is 27.2. The van der Waals surface area contributed by atoms with Crippen LogP contribution in [-0.4, -0.2) is 31.9 Å². The number of hydrogen-bond acceptors (Lipinski definition) is 5. The van der Waals surface area contributed by atoms with Crippen LogP contribution in [0.1, 0.15) is 23.0 Å². The fourth-order valence-corrected chi connectivity index (χ4v) is 6.06. The summed E-state index contributed by atoms with van der Waals surface area (Å²) in [5, 5.41) is 0. The predicted octanol–water partition coefficient (Wildman–Crippen LogP) is 3.62. The first-order valence-electron chi connectivity index (χ1n) is 8.59. The minimum Gasteiger partial charge on any atom is -0.468 e. The Bertz CT molecular complexity index is 832. The summed E-state index contributed by atoms with van der Waals surface area (Å²) < 4.78 is 10.3. The molecule has 3 atom stereocenters. The van der Waals surface area contributed by atoms with Crippen LogP contribution in [0.2, 0.25) is 0 Å². The molecule has 0 radical (unpaired) electrons. The zero-order valence-corrected chi connectivity index (χ0v) is 15.5. The van der Waals surface area contributed by atoms with Gasteiger partial charge in [0.25, 0.3) is 0 Å². The number of methoxy groups -OCH3 is 2. The number of esters is 2. The second-order valence-corrected chi connectivity index (χ2v) is 7.79. The van der Waals surface area contributed by atoms with Crippen LogP contribution in [-0.2, 0) is 19.1 Å². The quantitative estimate of drug-likeness (QED) is 0.612. The van der Waals surface area contributed by atoms with Crippen molar-refractivity contribution in [2.75, 3.05) is 20.0 Å². The van der Waals surface area contributed by atoms with Crippen LogP contribution in [0.3, 0.4) is 0 Å². The minimum atomic E-state index is -1.34. The molecular formula is C21H20O4S. The third-order valence-corrected chi connectivity index (χ3v) is 6.96. The second-order valence-electron chi connectivity index (χ2n) is 6.73. The fraction of sp³-hybridized carbons (Fsp3) is 0.333. The van der Waals surface area contributed by atoms with Crippen LogP contribution < -0.4 is 0 Å². The Hall–Kier alpha value is -2.27. The number of carbonyl (C=O) groups is 2.